The van der Waals surface area contributed by atoms with Crippen LogP contribution in [0.5, 0.6) is 0 Å². The lowest BCUT2D eigenvalue weighted by molar-refractivity contribution is -0.119. The highest BCUT2D eigenvalue weighted by molar-refractivity contribution is 7.99. The Morgan fingerprint density at radius 2 is 2.50 bits per heavy atom. The Labute approximate surface area is 104 Å². The molecule has 1 amide bonds. The second-order valence-corrected chi connectivity index (χ2v) is 5.35. The molecule has 1 aromatic heterocycles. The first-order valence-corrected chi connectivity index (χ1v) is 6.71. The van der Waals surface area contributed by atoms with Gasteiger partial charge in [-0.1, -0.05) is 11.6 Å². The summed E-state index contributed by atoms with van der Waals surface area (Å²) in [5, 5.41) is 3.23. The van der Waals surface area contributed by atoms with Gasteiger partial charge in [0.1, 0.15) is 0 Å². The fraction of sp³-hybridized carbons (Fsp3) is 0.455. The summed E-state index contributed by atoms with van der Waals surface area (Å²) < 4.78 is 0. The SMILES string of the molecule is Cc1ccnc(Cl)c1NC(=O)C1CCSC1. The van der Waals surface area contributed by atoms with Crippen molar-refractivity contribution in [3.8, 4) is 0 Å². The van der Waals surface area contributed by atoms with Gasteiger partial charge in [-0.25, -0.2) is 4.98 Å². The fourth-order valence-electron chi connectivity index (χ4n) is 1.64. The summed E-state index contributed by atoms with van der Waals surface area (Å²) in [6, 6.07) is 1.84. The molecule has 16 heavy (non-hydrogen) atoms. The van der Waals surface area contributed by atoms with Crippen LogP contribution in [0.25, 0.3) is 0 Å². The van der Waals surface area contributed by atoms with Crippen LogP contribution in [0, 0.1) is 12.8 Å². The number of carbonyl (C=O) groups excluding carboxylic acids is 1. The topological polar surface area (TPSA) is 42.0 Å². The maximum absolute atomic E-state index is 11.9. The lowest BCUT2D eigenvalue weighted by Crippen LogP contribution is -2.23. The third kappa shape index (κ3) is 2.50. The highest BCUT2D eigenvalue weighted by Crippen LogP contribution is 2.27. The minimum absolute atomic E-state index is 0.0583. The van der Waals surface area contributed by atoms with Gasteiger partial charge in [-0.2, -0.15) is 11.8 Å². The van der Waals surface area contributed by atoms with Crippen LogP contribution in [0.4, 0.5) is 5.69 Å². The standard InChI is InChI=1S/C11H13ClN2OS/c1-7-2-4-13-10(12)9(7)14-11(15)8-3-5-16-6-8/h2,4,8H,3,5-6H2,1H3,(H,14,15). The van der Waals surface area contributed by atoms with Gasteiger partial charge in [-0.15, -0.1) is 0 Å². The summed E-state index contributed by atoms with van der Waals surface area (Å²) in [4.78, 5) is 15.9. The van der Waals surface area contributed by atoms with Crippen molar-refractivity contribution in [2.45, 2.75) is 13.3 Å². The van der Waals surface area contributed by atoms with Gasteiger partial charge in [0.25, 0.3) is 0 Å². The van der Waals surface area contributed by atoms with E-state index in [0.29, 0.717) is 10.8 Å². The summed E-state index contributed by atoms with van der Waals surface area (Å²) in [7, 11) is 0. The number of halogens is 1. The highest BCUT2D eigenvalue weighted by Gasteiger charge is 2.24. The number of hydrogen-bond donors (Lipinski definition) is 1. The zero-order valence-corrected chi connectivity index (χ0v) is 10.6. The molecule has 1 saturated heterocycles. The molecule has 1 atom stereocenters. The number of amides is 1. The lowest BCUT2D eigenvalue weighted by atomic mass is 10.1. The maximum Gasteiger partial charge on any atom is 0.228 e. The monoisotopic (exact) mass is 256 g/mol. The Bertz CT molecular complexity index is 385. The summed E-state index contributed by atoms with van der Waals surface area (Å²) in [5.41, 5.74) is 1.59. The molecule has 1 fully saturated rings. The van der Waals surface area contributed by atoms with Crippen molar-refractivity contribution in [3.63, 3.8) is 0 Å². The first-order chi connectivity index (χ1) is 7.68. The normalized spacial score (nSPS) is 19.8. The molecular formula is C11H13ClN2OS. The van der Waals surface area contributed by atoms with Crippen LogP contribution in [-0.2, 0) is 4.79 Å². The number of rotatable bonds is 2. The van der Waals surface area contributed by atoms with E-state index in [2.05, 4.69) is 10.3 Å². The van der Waals surface area contributed by atoms with Crippen molar-refractivity contribution in [2.75, 3.05) is 16.8 Å². The van der Waals surface area contributed by atoms with Gasteiger partial charge in [-0.3, -0.25) is 4.79 Å². The van der Waals surface area contributed by atoms with E-state index >= 15 is 0 Å². The van der Waals surface area contributed by atoms with Crippen LogP contribution in [0.2, 0.25) is 5.15 Å². The molecule has 0 saturated carbocycles. The molecule has 86 valence electrons. The second-order valence-electron chi connectivity index (χ2n) is 3.84. The van der Waals surface area contributed by atoms with Crippen LogP contribution < -0.4 is 5.32 Å². The van der Waals surface area contributed by atoms with E-state index in [-0.39, 0.29) is 11.8 Å². The van der Waals surface area contributed by atoms with E-state index in [1.165, 1.54) is 0 Å². The molecule has 1 aliphatic heterocycles. The van der Waals surface area contributed by atoms with Crippen molar-refractivity contribution in [1.82, 2.24) is 4.98 Å². The highest BCUT2D eigenvalue weighted by atomic mass is 35.5. The first-order valence-electron chi connectivity index (χ1n) is 5.18. The van der Waals surface area contributed by atoms with E-state index in [9.17, 15) is 4.79 Å². The van der Waals surface area contributed by atoms with Crippen LogP contribution in [0.1, 0.15) is 12.0 Å². The van der Waals surface area contributed by atoms with Gasteiger partial charge in [0.2, 0.25) is 5.91 Å². The quantitative estimate of drug-likeness (QED) is 0.828. The molecule has 5 heteroatoms. The van der Waals surface area contributed by atoms with E-state index < -0.39 is 0 Å². The van der Waals surface area contributed by atoms with E-state index in [4.69, 9.17) is 11.6 Å². The van der Waals surface area contributed by atoms with Crippen LogP contribution in [0.3, 0.4) is 0 Å². The number of nitrogens with one attached hydrogen (secondary N) is 1. The summed E-state index contributed by atoms with van der Waals surface area (Å²) in [5.74, 6) is 2.14. The summed E-state index contributed by atoms with van der Waals surface area (Å²) >= 11 is 7.77. The van der Waals surface area contributed by atoms with E-state index in [0.717, 1.165) is 23.5 Å². The third-order valence-electron chi connectivity index (χ3n) is 2.66. The summed E-state index contributed by atoms with van der Waals surface area (Å²) in [6.07, 6.45) is 2.59. The number of anilines is 1. The van der Waals surface area contributed by atoms with Gasteiger partial charge < -0.3 is 5.32 Å². The molecule has 0 radical (unpaired) electrons. The number of aryl methyl sites for hydroxylation is 1. The van der Waals surface area contributed by atoms with Crippen molar-refractivity contribution >= 4 is 35.0 Å². The van der Waals surface area contributed by atoms with Gasteiger partial charge >= 0.3 is 0 Å². The summed E-state index contributed by atoms with van der Waals surface area (Å²) in [6.45, 7) is 1.91. The Balaban J connectivity index is 2.11. The maximum atomic E-state index is 11.9. The van der Waals surface area contributed by atoms with Crippen LogP contribution >= 0.6 is 23.4 Å². The number of nitrogens with zero attached hydrogens (tertiary/aromatic N) is 1. The average molecular weight is 257 g/mol. The van der Waals surface area contributed by atoms with Crippen molar-refractivity contribution in [3.05, 3.63) is 23.0 Å². The number of pyridine rings is 1. The van der Waals surface area contributed by atoms with Crippen LogP contribution in [0.15, 0.2) is 12.3 Å². The Kier molecular flexibility index (Phi) is 3.71. The number of thioether (sulfide) groups is 1. The molecule has 0 spiro atoms. The molecule has 1 unspecified atom stereocenters. The average Bonchev–Trinajstić information content (AvgIpc) is 2.76. The molecule has 2 rings (SSSR count). The predicted octanol–water partition coefficient (Wildman–Crippen LogP) is 2.74. The van der Waals surface area contributed by atoms with Gasteiger partial charge in [0.05, 0.1) is 5.69 Å². The molecule has 1 aliphatic rings. The zero-order valence-electron chi connectivity index (χ0n) is 9.00. The van der Waals surface area contributed by atoms with Crippen molar-refractivity contribution < 1.29 is 4.79 Å². The molecule has 1 N–H and O–H groups in total. The Morgan fingerprint density at radius 3 is 3.12 bits per heavy atom. The lowest BCUT2D eigenvalue weighted by Gasteiger charge is -2.12. The van der Waals surface area contributed by atoms with E-state index in [1.54, 1.807) is 6.20 Å². The Hall–Kier alpha value is -0.740. The van der Waals surface area contributed by atoms with Crippen molar-refractivity contribution in [2.24, 2.45) is 5.92 Å². The number of carbonyl (C=O) groups is 1. The van der Waals surface area contributed by atoms with Crippen molar-refractivity contribution in [1.29, 1.82) is 0 Å². The predicted molar refractivity (Wildman–Crippen MR) is 68.0 cm³/mol. The Morgan fingerprint density at radius 1 is 1.69 bits per heavy atom. The fourth-order valence-corrected chi connectivity index (χ4v) is 3.11. The zero-order chi connectivity index (χ0) is 11.5. The molecule has 1 aromatic rings. The molecule has 0 bridgehead atoms. The molecule has 3 nitrogen and oxygen atoms in total. The first kappa shape index (κ1) is 11.7. The number of hydrogen-bond acceptors (Lipinski definition) is 3. The van der Waals surface area contributed by atoms with Gasteiger partial charge in [0, 0.05) is 17.9 Å². The van der Waals surface area contributed by atoms with E-state index in [1.807, 2.05) is 24.8 Å². The van der Waals surface area contributed by atoms with Crippen LogP contribution in [-0.4, -0.2) is 22.4 Å². The smallest absolute Gasteiger partial charge is 0.228 e. The molecule has 0 aromatic carbocycles. The number of aromatic nitrogens is 1. The third-order valence-corrected chi connectivity index (χ3v) is 4.11. The molecular weight excluding hydrogens is 244 g/mol. The second kappa shape index (κ2) is 5.06. The largest absolute Gasteiger partial charge is 0.323 e. The minimum atomic E-state index is 0.0583. The molecule has 0 aliphatic carbocycles. The van der Waals surface area contributed by atoms with Gasteiger partial charge in [-0.05, 0) is 30.7 Å². The van der Waals surface area contributed by atoms with Gasteiger partial charge in [0.15, 0.2) is 5.15 Å². The minimum Gasteiger partial charge on any atom is -0.323 e. The molecule has 2 heterocycles.